The normalized spacial score (nSPS) is 13.0. The zero-order valence-electron chi connectivity index (χ0n) is 12.9. The molecule has 0 bridgehead atoms. The Bertz CT molecular complexity index is 820. The molecule has 3 rings (SSSR count). The number of phenols is 1. The van der Waals surface area contributed by atoms with Crippen LogP contribution in [0.25, 0.3) is 0 Å². The average Bonchev–Trinajstić information content (AvgIpc) is 3.05. The van der Waals surface area contributed by atoms with Crippen LogP contribution < -0.4 is 14.9 Å². The molecule has 0 saturated heterocycles. The molecule has 0 atom stereocenters. The predicted molar refractivity (Wildman–Crippen MR) is 84.9 cm³/mol. The molecule has 2 aromatic rings. The van der Waals surface area contributed by atoms with E-state index in [9.17, 15) is 14.3 Å². The number of hydrazone groups is 1. The first-order valence-corrected chi connectivity index (χ1v) is 7.34. The lowest BCUT2D eigenvalue weighted by atomic mass is 10.1. The van der Waals surface area contributed by atoms with Gasteiger partial charge in [0.2, 0.25) is 6.79 Å². The minimum absolute atomic E-state index is 0.102. The highest BCUT2D eigenvalue weighted by atomic mass is 19.1. The minimum Gasteiger partial charge on any atom is -0.507 e. The van der Waals surface area contributed by atoms with Crippen molar-refractivity contribution in [2.45, 2.75) is 13.3 Å². The Morgan fingerprint density at radius 3 is 2.83 bits per heavy atom. The Morgan fingerprint density at radius 1 is 1.25 bits per heavy atom. The van der Waals surface area contributed by atoms with Gasteiger partial charge in [0.05, 0.1) is 5.71 Å². The summed E-state index contributed by atoms with van der Waals surface area (Å²) < 4.78 is 23.8. The summed E-state index contributed by atoms with van der Waals surface area (Å²) in [6.45, 7) is 1.91. The number of nitrogens with zero attached hydrogens (tertiary/aromatic N) is 1. The first-order chi connectivity index (χ1) is 11.6. The first-order valence-electron chi connectivity index (χ1n) is 7.34. The van der Waals surface area contributed by atoms with Gasteiger partial charge in [0.15, 0.2) is 11.5 Å². The smallest absolute Gasteiger partial charge is 0.271 e. The van der Waals surface area contributed by atoms with Gasteiger partial charge >= 0.3 is 0 Å². The first kappa shape index (κ1) is 15.8. The molecule has 1 aliphatic heterocycles. The van der Waals surface area contributed by atoms with Gasteiger partial charge in [-0.1, -0.05) is 6.92 Å². The van der Waals surface area contributed by atoms with E-state index in [1.807, 2.05) is 0 Å². The van der Waals surface area contributed by atoms with Gasteiger partial charge in [-0.3, -0.25) is 4.79 Å². The standard InChI is InChI=1S/C17H15FN2O4/c1-2-13(12-8-11(18)4-5-14(12)21)19-20-17(22)10-3-6-15-16(7-10)24-9-23-15/h3-8,21H,2,9H2,1H3,(H,20,22). The van der Waals surface area contributed by atoms with Crippen LogP contribution >= 0.6 is 0 Å². The lowest BCUT2D eigenvalue weighted by molar-refractivity contribution is 0.0954. The van der Waals surface area contributed by atoms with Crippen LogP contribution in [-0.2, 0) is 0 Å². The Morgan fingerprint density at radius 2 is 2.04 bits per heavy atom. The molecule has 0 saturated carbocycles. The zero-order valence-corrected chi connectivity index (χ0v) is 12.9. The summed E-state index contributed by atoms with van der Waals surface area (Å²) in [7, 11) is 0. The van der Waals surface area contributed by atoms with Crippen molar-refractivity contribution in [1.29, 1.82) is 0 Å². The van der Waals surface area contributed by atoms with Crippen molar-refractivity contribution in [2.24, 2.45) is 5.10 Å². The van der Waals surface area contributed by atoms with Crippen molar-refractivity contribution in [2.75, 3.05) is 6.79 Å². The summed E-state index contributed by atoms with van der Waals surface area (Å²) in [6.07, 6.45) is 0.401. The van der Waals surface area contributed by atoms with Crippen LogP contribution in [-0.4, -0.2) is 23.5 Å². The number of benzene rings is 2. The minimum atomic E-state index is -0.494. The molecule has 0 unspecified atom stereocenters. The molecule has 0 fully saturated rings. The number of phenolic OH excluding ortho intramolecular Hbond substituents is 1. The molecule has 0 radical (unpaired) electrons. The number of nitrogens with one attached hydrogen (secondary N) is 1. The van der Waals surface area contributed by atoms with Gasteiger partial charge in [-0.2, -0.15) is 5.10 Å². The molecule has 24 heavy (non-hydrogen) atoms. The summed E-state index contributed by atoms with van der Waals surface area (Å²) in [6, 6.07) is 8.35. The third-order valence-corrected chi connectivity index (χ3v) is 3.53. The van der Waals surface area contributed by atoms with Gasteiger partial charge in [-0.15, -0.1) is 0 Å². The van der Waals surface area contributed by atoms with E-state index in [-0.39, 0.29) is 18.1 Å². The highest BCUT2D eigenvalue weighted by Gasteiger charge is 2.16. The molecule has 0 spiro atoms. The van der Waals surface area contributed by atoms with Gasteiger partial charge in [-0.05, 0) is 42.8 Å². The van der Waals surface area contributed by atoms with Crippen molar-refractivity contribution in [3.8, 4) is 17.2 Å². The lowest BCUT2D eigenvalue weighted by Crippen LogP contribution is -2.20. The molecule has 2 aromatic carbocycles. The second-order valence-electron chi connectivity index (χ2n) is 5.08. The van der Waals surface area contributed by atoms with Gasteiger partial charge in [-0.25, -0.2) is 9.82 Å². The number of hydrogen-bond donors (Lipinski definition) is 2. The van der Waals surface area contributed by atoms with Gasteiger partial charge in [0.1, 0.15) is 11.6 Å². The van der Waals surface area contributed by atoms with Crippen LogP contribution in [0.5, 0.6) is 17.2 Å². The molecule has 6 nitrogen and oxygen atoms in total. The second kappa shape index (κ2) is 6.57. The fourth-order valence-electron chi connectivity index (χ4n) is 2.29. The summed E-state index contributed by atoms with van der Waals surface area (Å²) in [5.41, 5.74) is 3.36. The van der Waals surface area contributed by atoms with E-state index in [4.69, 9.17) is 9.47 Å². The van der Waals surface area contributed by atoms with E-state index in [1.54, 1.807) is 25.1 Å². The van der Waals surface area contributed by atoms with Crippen molar-refractivity contribution in [3.05, 3.63) is 53.3 Å². The van der Waals surface area contributed by atoms with Crippen LogP contribution in [0.15, 0.2) is 41.5 Å². The Balaban J connectivity index is 1.80. The Hall–Kier alpha value is -3.09. The maximum Gasteiger partial charge on any atom is 0.271 e. The third kappa shape index (κ3) is 3.15. The number of aromatic hydroxyl groups is 1. The van der Waals surface area contributed by atoms with Crippen LogP contribution in [0.2, 0.25) is 0 Å². The van der Waals surface area contributed by atoms with Crippen LogP contribution in [0.4, 0.5) is 4.39 Å². The predicted octanol–water partition coefficient (Wildman–Crippen LogP) is 2.80. The van der Waals surface area contributed by atoms with Crippen LogP contribution in [0.3, 0.4) is 0 Å². The van der Waals surface area contributed by atoms with Crippen molar-refractivity contribution in [1.82, 2.24) is 5.43 Å². The molecule has 2 N–H and O–H groups in total. The quantitative estimate of drug-likeness (QED) is 0.667. The number of halogens is 1. The number of amides is 1. The van der Waals surface area contributed by atoms with E-state index in [0.29, 0.717) is 29.2 Å². The number of carbonyl (C=O) groups excluding carboxylic acids is 1. The van der Waals surface area contributed by atoms with Gasteiger partial charge < -0.3 is 14.6 Å². The number of rotatable bonds is 4. The van der Waals surface area contributed by atoms with E-state index >= 15 is 0 Å². The molecule has 7 heteroatoms. The Kier molecular flexibility index (Phi) is 4.33. The highest BCUT2D eigenvalue weighted by molar-refractivity contribution is 6.04. The van der Waals surface area contributed by atoms with E-state index in [0.717, 1.165) is 6.07 Å². The van der Waals surface area contributed by atoms with Crippen molar-refractivity contribution < 1.29 is 23.8 Å². The highest BCUT2D eigenvalue weighted by Crippen LogP contribution is 2.32. The van der Waals surface area contributed by atoms with E-state index in [1.165, 1.54) is 12.1 Å². The number of ether oxygens (including phenoxy) is 2. The van der Waals surface area contributed by atoms with Crippen molar-refractivity contribution >= 4 is 11.6 Å². The SMILES string of the molecule is CCC(=NNC(=O)c1ccc2c(c1)OCO2)c1cc(F)ccc1O. The second-order valence-corrected chi connectivity index (χ2v) is 5.08. The number of hydrogen-bond acceptors (Lipinski definition) is 5. The van der Waals surface area contributed by atoms with Crippen LogP contribution in [0.1, 0.15) is 29.3 Å². The van der Waals surface area contributed by atoms with Crippen LogP contribution in [0, 0.1) is 5.82 Å². The third-order valence-electron chi connectivity index (χ3n) is 3.53. The van der Waals surface area contributed by atoms with Gasteiger partial charge in [0, 0.05) is 11.1 Å². The summed E-state index contributed by atoms with van der Waals surface area (Å²) >= 11 is 0. The number of carbonyl (C=O) groups is 1. The maximum absolute atomic E-state index is 13.4. The summed E-state index contributed by atoms with van der Waals surface area (Å²) in [5.74, 6) is 0.0228. The zero-order chi connectivity index (χ0) is 17.1. The molecule has 1 amide bonds. The van der Waals surface area contributed by atoms with Gasteiger partial charge in [0.25, 0.3) is 5.91 Å². The topological polar surface area (TPSA) is 80.2 Å². The summed E-state index contributed by atoms with van der Waals surface area (Å²) in [4.78, 5) is 12.2. The molecular weight excluding hydrogens is 315 g/mol. The molecule has 1 heterocycles. The maximum atomic E-state index is 13.4. The van der Waals surface area contributed by atoms with E-state index in [2.05, 4.69) is 10.5 Å². The average molecular weight is 330 g/mol. The fourth-order valence-corrected chi connectivity index (χ4v) is 2.29. The molecule has 0 aromatic heterocycles. The summed E-state index contributed by atoms with van der Waals surface area (Å²) in [5, 5.41) is 13.8. The molecule has 0 aliphatic carbocycles. The lowest BCUT2D eigenvalue weighted by Gasteiger charge is -2.08. The molecule has 124 valence electrons. The number of fused-ring (bicyclic) bond motifs is 1. The van der Waals surface area contributed by atoms with E-state index < -0.39 is 11.7 Å². The largest absolute Gasteiger partial charge is 0.507 e. The van der Waals surface area contributed by atoms with Crippen molar-refractivity contribution in [3.63, 3.8) is 0 Å². The molecular formula is C17H15FN2O4. The fraction of sp³-hybridized carbons (Fsp3) is 0.176. The Labute approximate surface area is 137 Å². The molecule has 1 aliphatic rings. The monoisotopic (exact) mass is 330 g/mol.